The Bertz CT molecular complexity index is 2260. The summed E-state index contributed by atoms with van der Waals surface area (Å²) in [7, 11) is 0. The topological polar surface area (TPSA) is 81.8 Å². The number of nitrogens with zero attached hydrogens (tertiary/aromatic N) is 2. The fourth-order valence-corrected chi connectivity index (χ4v) is 15.2. The molecular weight excluding hydrogens is 882 g/mol. The van der Waals surface area contributed by atoms with E-state index in [1.165, 1.54) is 12.5 Å². The predicted octanol–water partition coefficient (Wildman–Crippen LogP) is 12.9. The molecule has 0 spiro atoms. The van der Waals surface area contributed by atoms with Crippen LogP contribution >= 0.6 is 46.4 Å². The van der Waals surface area contributed by atoms with Crippen molar-refractivity contribution in [2.24, 2.45) is 50.2 Å². The van der Waals surface area contributed by atoms with E-state index in [1.807, 2.05) is 28.1 Å². The van der Waals surface area contributed by atoms with Crippen molar-refractivity contribution in [1.82, 2.24) is 20.7 Å². The van der Waals surface area contributed by atoms with Crippen LogP contribution in [0.4, 0.5) is 0 Å². The maximum absolute atomic E-state index is 14.5. The molecule has 2 aromatic rings. The fourth-order valence-electron chi connectivity index (χ4n) is 14.5. The number of carbonyl (C=O) groups excluding carboxylic acids is 3. The third-order valence-corrected chi connectivity index (χ3v) is 20.0. The molecule has 5 fully saturated rings. The summed E-state index contributed by atoms with van der Waals surface area (Å²) in [6.45, 7) is 19.9. The second-order valence-corrected chi connectivity index (χ2v) is 24.0. The number of nitrogens with one attached hydrogen (secondary N) is 2. The molecule has 8 atom stereocenters. The van der Waals surface area contributed by atoms with Crippen LogP contribution in [-0.4, -0.2) is 59.9 Å². The third kappa shape index (κ3) is 8.54. The summed E-state index contributed by atoms with van der Waals surface area (Å²) in [6.07, 6.45) is 20.8. The van der Waals surface area contributed by atoms with Crippen LogP contribution in [0.3, 0.4) is 0 Å². The Hall–Kier alpha value is -2.81. The molecule has 4 saturated carbocycles. The molecule has 6 aliphatic rings. The normalized spacial score (nSPS) is 34.5. The van der Waals surface area contributed by atoms with Crippen molar-refractivity contribution < 1.29 is 14.4 Å². The lowest BCUT2D eigenvalue weighted by Gasteiger charge is -2.71. The molecule has 3 amide bonds. The number of rotatable bonds is 8. The van der Waals surface area contributed by atoms with E-state index in [-0.39, 0.29) is 56.3 Å². The molecule has 2 N–H and O–H groups in total. The Labute approximate surface area is 402 Å². The first kappa shape index (κ1) is 47.7. The zero-order valence-corrected chi connectivity index (χ0v) is 41.9. The number of carbonyl (C=O) groups is 3. The number of amides is 3. The van der Waals surface area contributed by atoms with Gasteiger partial charge >= 0.3 is 0 Å². The van der Waals surface area contributed by atoms with E-state index in [1.54, 1.807) is 42.0 Å². The molecule has 1 heterocycles. The van der Waals surface area contributed by atoms with E-state index >= 15 is 0 Å². The van der Waals surface area contributed by atoms with Crippen molar-refractivity contribution in [1.29, 1.82) is 0 Å². The second-order valence-electron chi connectivity index (χ2n) is 22.5. The van der Waals surface area contributed by atoms with Gasteiger partial charge in [0.1, 0.15) is 0 Å². The van der Waals surface area contributed by atoms with Crippen molar-refractivity contribution in [3.05, 3.63) is 91.4 Å². The van der Waals surface area contributed by atoms with Crippen LogP contribution in [0.1, 0.15) is 130 Å². The molecule has 1 aliphatic heterocycles. The smallest absolute Gasteiger partial charge is 0.258 e. The van der Waals surface area contributed by atoms with Crippen LogP contribution in [0.5, 0.6) is 0 Å². The molecule has 346 valence electrons. The summed E-state index contributed by atoms with van der Waals surface area (Å²) < 4.78 is 0. The summed E-state index contributed by atoms with van der Waals surface area (Å²) in [5.41, 5.74) is 6.51. The minimum atomic E-state index is -0.238. The molecule has 0 aromatic heterocycles. The minimum absolute atomic E-state index is 0.0369. The lowest BCUT2D eigenvalue weighted by Crippen LogP contribution is -2.66. The molecule has 2 aromatic carbocycles. The number of piperazine rings is 1. The highest BCUT2D eigenvalue weighted by Gasteiger charge is 2.68. The molecule has 7 nitrogen and oxygen atoms in total. The van der Waals surface area contributed by atoms with E-state index in [0.717, 1.165) is 63.4 Å². The Kier molecular flexibility index (Phi) is 13.2. The summed E-state index contributed by atoms with van der Waals surface area (Å²) in [5.74, 6) is 1.35. The number of allylic oxidation sites excluding steroid dienone is 2. The first-order valence-electron chi connectivity index (χ1n) is 23.7. The van der Waals surface area contributed by atoms with Crippen molar-refractivity contribution in [3.8, 4) is 0 Å². The number of halogens is 4. The molecule has 1 saturated heterocycles. The van der Waals surface area contributed by atoms with Gasteiger partial charge in [0.2, 0.25) is 11.8 Å². The van der Waals surface area contributed by atoms with Crippen LogP contribution in [-0.2, 0) is 14.4 Å². The van der Waals surface area contributed by atoms with Crippen LogP contribution in [0.25, 0.3) is 12.2 Å². The molecule has 8 rings (SSSR count). The van der Waals surface area contributed by atoms with Gasteiger partial charge in [-0.2, -0.15) is 0 Å². The quantitative estimate of drug-likeness (QED) is 0.204. The number of hydrogen-bond donors (Lipinski definition) is 2. The third-order valence-electron chi connectivity index (χ3n) is 18.4. The number of hydrogen-bond acceptors (Lipinski definition) is 4. The van der Waals surface area contributed by atoms with E-state index in [0.29, 0.717) is 76.0 Å². The highest BCUT2D eigenvalue weighted by atomic mass is 35.5. The maximum atomic E-state index is 14.5. The molecule has 0 bridgehead atoms. The zero-order chi connectivity index (χ0) is 46.0. The average molecular weight is 951 g/mol. The van der Waals surface area contributed by atoms with Gasteiger partial charge in [-0.25, -0.2) is 5.01 Å². The largest absolute Gasteiger partial charge is 0.349 e. The Balaban J connectivity index is 0.948. The highest BCUT2D eigenvalue weighted by Crippen LogP contribution is 2.76. The zero-order valence-electron chi connectivity index (χ0n) is 38.9. The van der Waals surface area contributed by atoms with Gasteiger partial charge in [-0.3, -0.25) is 19.8 Å². The van der Waals surface area contributed by atoms with Crippen LogP contribution in [0, 0.1) is 50.2 Å². The monoisotopic (exact) mass is 948 g/mol. The Morgan fingerprint density at radius 3 is 1.97 bits per heavy atom. The van der Waals surface area contributed by atoms with E-state index in [9.17, 15) is 14.4 Å². The van der Waals surface area contributed by atoms with Gasteiger partial charge in [0, 0.05) is 50.8 Å². The maximum Gasteiger partial charge on any atom is 0.258 e. The van der Waals surface area contributed by atoms with Gasteiger partial charge in [0.25, 0.3) is 5.91 Å². The van der Waals surface area contributed by atoms with Crippen molar-refractivity contribution in [3.63, 3.8) is 0 Å². The molecule has 1 unspecified atom stereocenters. The number of benzene rings is 2. The van der Waals surface area contributed by atoms with Crippen LogP contribution < -0.4 is 10.7 Å². The van der Waals surface area contributed by atoms with Crippen molar-refractivity contribution in [2.75, 3.05) is 26.2 Å². The van der Waals surface area contributed by atoms with E-state index < -0.39 is 0 Å². The van der Waals surface area contributed by atoms with Gasteiger partial charge in [-0.1, -0.05) is 131 Å². The fraction of sp³-hybridized carbons (Fsp3) is 0.604. The van der Waals surface area contributed by atoms with Gasteiger partial charge in [-0.05, 0) is 150 Å². The molecule has 11 heteroatoms. The number of hydrazine groups is 1. The van der Waals surface area contributed by atoms with Crippen LogP contribution in [0.2, 0.25) is 20.1 Å². The predicted molar refractivity (Wildman–Crippen MR) is 263 cm³/mol. The SMILES string of the molecule is CC1(C)CC[C@]2(CC(=O)N3CCN(NC(=O)/C=C/c4cccc(Cl)c4Cl)CC3)CC[C@]3(C)C(=CC[C@@H]4[C@@]5(C)CCC(NC(=O)/C=C/c6cccc(Cl)c6Cl)C(C)(C)[C@@H]5CC[C@]43C)[C@@H]2C1. The lowest BCUT2D eigenvalue weighted by atomic mass is 9.33. The summed E-state index contributed by atoms with van der Waals surface area (Å²) in [4.78, 5) is 42.8. The van der Waals surface area contributed by atoms with Gasteiger partial charge < -0.3 is 10.2 Å². The minimum Gasteiger partial charge on any atom is -0.349 e. The summed E-state index contributed by atoms with van der Waals surface area (Å²) in [5, 5.41) is 7.13. The first-order chi connectivity index (χ1) is 30.1. The Morgan fingerprint density at radius 1 is 0.719 bits per heavy atom. The van der Waals surface area contributed by atoms with Gasteiger partial charge in [-0.15, -0.1) is 0 Å². The van der Waals surface area contributed by atoms with Crippen LogP contribution in [0.15, 0.2) is 60.2 Å². The van der Waals surface area contributed by atoms with E-state index in [4.69, 9.17) is 46.4 Å². The van der Waals surface area contributed by atoms with Gasteiger partial charge in [0.15, 0.2) is 0 Å². The molecule has 0 radical (unpaired) electrons. The molecule has 5 aliphatic carbocycles. The average Bonchev–Trinajstić information content (AvgIpc) is 3.24. The van der Waals surface area contributed by atoms with E-state index in [2.05, 4.69) is 65.3 Å². The van der Waals surface area contributed by atoms with Crippen molar-refractivity contribution in [2.45, 2.75) is 125 Å². The second kappa shape index (κ2) is 17.7. The highest BCUT2D eigenvalue weighted by molar-refractivity contribution is 6.43. The summed E-state index contributed by atoms with van der Waals surface area (Å²) >= 11 is 25.1. The standard InChI is InChI=1S/C53H68Cl4N4O3/c1-48(2)24-26-53(33-45(64)60-28-30-61(31-29-60)59-44(63)19-15-35-11-9-13-39(55)47(35)57)27-25-51(6)36(37(53)32-48)16-17-41-50(5)22-21-42(49(3,4)40(50)20-23-52(41,51)7)58-43(62)18-14-34-10-8-12-38(54)46(34)56/h8-16,18-19,37,40-42H,17,20-33H2,1-7H3,(H,58,62)(H,59,63)/b18-14+,19-15+/t37-,40-,41+,42?,50-,51+,52+,53+/m0/s1. The molecular formula is C53H68Cl4N4O3. The first-order valence-corrected chi connectivity index (χ1v) is 25.2. The Morgan fingerprint density at radius 2 is 1.33 bits per heavy atom. The lowest BCUT2D eigenvalue weighted by molar-refractivity contribution is -0.187. The molecule has 64 heavy (non-hydrogen) atoms. The van der Waals surface area contributed by atoms with Gasteiger partial charge in [0.05, 0.1) is 20.1 Å². The summed E-state index contributed by atoms with van der Waals surface area (Å²) in [6, 6.07) is 10.9. The van der Waals surface area contributed by atoms with Crippen molar-refractivity contribution >= 4 is 76.3 Å². The number of fused-ring (bicyclic) bond motifs is 7.